The summed E-state index contributed by atoms with van der Waals surface area (Å²) in [7, 11) is 0. The van der Waals surface area contributed by atoms with Gasteiger partial charge in [0.05, 0.1) is 5.56 Å². The van der Waals surface area contributed by atoms with E-state index in [9.17, 15) is 22.4 Å². The fourth-order valence-corrected chi connectivity index (χ4v) is 1.20. The topological polar surface area (TPSA) is 37.3 Å². The number of carboxylic acids is 1. The van der Waals surface area contributed by atoms with Crippen LogP contribution in [0.4, 0.5) is 17.6 Å². The number of carboxylic acid groups (broad SMARTS) is 1. The first-order valence-corrected chi connectivity index (χ1v) is 4.51. The number of aliphatic carboxylic acids is 1. The van der Waals surface area contributed by atoms with E-state index in [4.69, 9.17) is 5.11 Å². The second kappa shape index (κ2) is 4.57. The molecule has 6 heteroatoms. The van der Waals surface area contributed by atoms with Gasteiger partial charge in [0.1, 0.15) is 0 Å². The van der Waals surface area contributed by atoms with Crippen LogP contribution in [0.25, 0.3) is 5.57 Å². The fourth-order valence-electron chi connectivity index (χ4n) is 1.20. The zero-order chi connectivity index (χ0) is 13.2. The SMILES string of the molecule is CC(=C(F)C(=O)O)c1ccc(C(F)(F)F)cc1. The van der Waals surface area contributed by atoms with Gasteiger partial charge in [-0.2, -0.15) is 17.6 Å². The zero-order valence-corrected chi connectivity index (χ0v) is 8.68. The molecule has 2 nitrogen and oxygen atoms in total. The monoisotopic (exact) mass is 248 g/mol. The van der Waals surface area contributed by atoms with Crippen LogP contribution in [0.2, 0.25) is 0 Å². The third-order valence-electron chi connectivity index (χ3n) is 2.16. The Morgan fingerprint density at radius 2 is 1.65 bits per heavy atom. The highest BCUT2D eigenvalue weighted by Crippen LogP contribution is 2.30. The molecule has 0 aliphatic carbocycles. The highest BCUT2D eigenvalue weighted by atomic mass is 19.4. The Labute approximate surface area is 94.2 Å². The number of hydrogen-bond donors (Lipinski definition) is 1. The van der Waals surface area contributed by atoms with Gasteiger partial charge in [0.2, 0.25) is 5.83 Å². The number of allylic oxidation sites excluding steroid dienone is 1. The van der Waals surface area contributed by atoms with Crippen LogP contribution in [0, 0.1) is 0 Å². The molecule has 1 N–H and O–H groups in total. The highest BCUT2D eigenvalue weighted by Gasteiger charge is 2.30. The second-order valence-electron chi connectivity index (χ2n) is 3.32. The van der Waals surface area contributed by atoms with E-state index in [1.54, 1.807) is 0 Å². The van der Waals surface area contributed by atoms with Crippen LogP contribution in [0.15, 0.2) is 30.1 Å². The minimum Gasteiger partial charge on any atom is -0.476 e. The summed E-state index contributed by atoms with van der Waals surface area (Å²) in [6, 6.07) is 3.60. The molecule has 0 bridgehead atoms. The molecule has 0 atom stereocenters. The lowest BCUT2D eigenvalue weighted by atomic mass is 10.0. The molecule has 0 unspecified atom stereocenters. The maximum absolute atomic E-state index is 13.0. The van der Waals surface area contributed by atoms with Crippen LogP contribution < -0.4 is 0 Å². The van der Waals surface area contributed by atoms with E-state index in [1.165, 1.54) is 6.92 Å². The average molecular weight is 248 g/mol. The minimum atomic E-state index is -4.47. The summed E-state index contributed by atoms with van der Waals surface area (Å²) in [6.45, 7) is 1.19. The Balaban J connectivity index is 3.12. The van der Waals surface area contributed by atoms with Crippen LogP contribution in [0.5, 0.6) is 0 Å². The Kier molecular flexibility index (Phi) is 3.55. The summed E-state index contributed by atoms with van der Waals surface area (Å²) >= 11 is 0. The maximum atomic E-state index is 13.0. The molecular formula is C11H8F4O2. The van der Waals surface area contributed by atoms with E-state index in [-0.39, 0.29) is 11.1 Å². The molecule has 0 spiro atoms. The van der Waals surface area contributed by atoms with Crippen LogP contribution in [0.1, 0.15) is 18.1 Å². The van der Waals surface area contributed by atoms with E-state index < -0.39 is 23.5 Å². The molecule has 0 saturated carbocycles. The summed E-state index contributed by atoms with van der Waals surface area (Å²) < 4.78 is 49.7. The van der Waals surface area contributed by atoms with E-state index in [0.29, 0.717) is 0 Å². The molecular weight excluding hydrogens is 240 g/mol. The molecule has 0 aliphatic heterocycles. The first kappa shape index (κ1) is 13.2. The molecule has 0 amide bonds. The van der Waals surface area contributed by atoms with Gasteiger partial charge in [0.15, 0.2) is 0 Å². The normalized spacial score (nSPS) is 13.2. The molecule has 17 heavy (non-hydrogen) atoms. The Bertz CT molecular complexity index is 457. The number of hydrogen-bond acceptors (Lipinski definition) is 1. The van der Waals surface area contributed by atoms with Crippen LogP contribution in [0.3, 0.4) is 0 Å². The van der Waals surface area contributed by atoms with Gasteiger partial charge in [-0.15, -0.1) is 0 Å². The standard InChI is InChI=1S/C11H8F4O2/c1-6(9(12)10(16)17)7-2-4-8(5-3-7)11(13,14)15/h2-5H,1H3,(H,16,17). The van der Waals surface area contributed by atoms with Crippen molar-refractivity contribution in [2.75, 3.05) is 0 Å². The number of rotatable bonds is 2. The maximum Gasteiger partial charge on any atom is 0.416 e. The Morgan fingerprint density at radius 1 is 1.18 bits per heavy atom. The van der Waals surface area contributed by atoms with Gasteiger partial charge >= 0.3 is 12.1 Å². The predicted octanol–water partition coefficient (Wildman–Crippen LogP) is 3.49. The van der Waals surface area contributed by atoms with Crippen LogP contribution in [-0.2, 0) is 11.0 Å². The second-order valence-corrected chi connectivity index (χ2v) is 3.32. The van der Waals surface area contributed by atoms with E-state index >= 15 is 0 Å². The van der Waals surface area contributed by atoms with Gasteiger partial charge in [-0.25, -0.2) is 4.79 Å². The summed E-state index contributed by atoms with van der Waals surface area (Å²) in [5.41, 5.74) is -0.992. The lowest BCUT2D eigenvalue weighted by Crippen LogP contribution is -2.04. The van der Waals surface area contributed by atoms with Gasteiger partial charge in [-0.05, 0) is 30.2 Å². The van der Waals surface area contributed by atoms with Crippen molar-refractivity contribution < 1.29 is 27.5 Å². The lowest BCUT2D eigenvalue weighted by Gasteiger charge is -2.07. The Hall–Kier alpha value is -1.85. The van der Waals surface area contributed by atoms with E-state index in [1.807, 2.05) is 0 Å². The zero-order valence-electron chi connectivity index (χ0n) is 8.68. The van der Waals surface area contributed by atoms with Crippen molar-refractivity contribution in [3.05, 3.63) is 41.2 Å². The highest BCUT2D eigenvalue weighted by molar-refractivity contribution is 5.93. The quantitative estimate of drug-likeness (QED) is 0.642. The lowest BCUT2D eigenvalue weighted by molar-refractivity contribution is -0.137. The first-order chi connectivity index (χ1) is 7.73. The van der Waals surface area contributed by atoms with Gasteiger partial charge in [-0.1, -0.05) is 12.1 Å². The number of alkyl halides is 3. The van der Waals surface area contributed by atoms with Crippen LogP contribution >= 0.6 is 0 Å². The van der Waals surface area contributed by atoms with Crippen molar-refractivity contribution in [1.29, 1.82) is 0 Å². The van der Waals surface area contributed by atoms with Crippen LogP contribution in [-0.4, -0.2) is 11.1 Å². The smallest absolute Gasteiger partial charge is 0.416 e. The fraction of sp³-hybridized carbons (Fsp3) is 0.182. The van der Waals surface area contributed by atoms with Crippen molar-refractivity contribution >= 4 is 11.5 Å². The molecule has 1 aromatic carbocycles. The first-order valence-electron chi connectivity index (χ1n) is 4.51. The summed E-state index contributed by atoms with van der Waals surface area (Å²) in [5, 5.41) is 8.38. The van der Waals surface area contributed by atoms with Crippen molar-refractivity contribution in [2.24, 2.45) is 0 Å². The molecule has 0 aliphatic rings. The van der Waals surface area contributed by atoms with Crippen molar-refractivity contribution in [3.8, 4) is 0 Å². The van der Waals surface area contributed by atoms with Crippen molar-refractivity contribution in [1.82, 2.24) is 0 Å². The summed E-state index contributed by atoms with van der Waals surface area (Å²) in [4.78, 5) is 10.3. The molecule has 0 fully saturated rings. The third kappa shape index (κ3) is 3.05. The van der Waals surface area contributed by atoms with E-state index in [2.05, 4.69) is 0 Å². The van der Waals surface area contributed by atoms with E-state index in [0.717, 1.165) is 24.3 Å². The average Bonchev–Trinajstić information content (AvgIpc) is 2.26. The predicted molar refractivity (Wildman–Crippen MR) is 52.8 cm³/mol. The van der Waals surface area contributed by atoms with Crippen molar-refractivity contribution in [3.63, 3.8) is 0 Å². The summed E-state index contributed by atoms with van der Waals surface area (Å²) in [6.07, 6.45) is -4.47. The third-order valence-corrected chi connectivity index (χ3v) is 2.16. The minimum absolute atomic E-state index is 0.0953. The molecule has 1 rings (SSSR count). The molecule has 0 radical (unpaired) electrons. The summed E-state index contributed by atoms with van der Waals surface area (Å²) in [5.74, 6) is -3.13. The van der Waals surface area contributed by atoms with Crippen molar-refractivity contribution in [2.45, 2.75) is 13.1 Å². The number of carbonyl (C=O) groups is 1. The largest absolute Gasteiger partial charge is 0.476 e. The molecule has 0 aromatic heterocycles. The number of benzene rings is 1. The van der Waals surface area contributed by atoms with Gasteiger partial charge in [0, 0.05) is 0 Å². The Morgan fingerprint density at radius 3 is 2.00 bits per heavy atom. The van der Waals surface area contributed by atoms with Gasteiger partial charge in [0.25, 0.3) is 0 Å². The van der Waals surface area contributed by atoms with Gasteiger partial charge < -0.3 is 5.11 Å². The molecule has 1 aromatic rings. The molecule has 92 valence electrons. The van der Waals surface area contributed by atoms with Gasteiger partial charge in [-0.3, -0.25) is 0 Å². The number of halogens is 4. The molecule has 0 saturated heterocycles. The molecule has 0 heterocycles.